The van der Waals surface area contributed by atoms with Gasteiger partial charge in [0.1, 0.15) is 0 Å². The molecule has 2 rings (SSSR count). The first-order chi connectivity index (χ1) is 6.77. The van der Waals surface area contributed by atoms with Crippen molar-refractivity contribution >= 4 is 0 Å². The molecule has 1 aliphatic rings. The van der Waals surface area contributed by atoms with Crippen LogP contribution in [-0.4, -0.2) is 0 Å². The molecule has 1 saturated carbocycles. The lowest BCUT2D eigenvalue weighted by atomic mass is 9.94. The molecule has 0 heteroatoms. The average molecular weight is 188 g/mol. The van der Waals surface area contributed by atoms with Crippen LogP contribution in [0.25, 0.3) is 0 Å². The molecule has 0 unspecified atom stereocenters. The van der Waals surface area contributed by atoms with Crippen LogP contribution in [0, 0.1) is 0 Å². The fraction of sp³-hybridized carbons (Fsp3) is 0.571. The van der Waals surface area contributed by atoms with E-state index in [1.165, 1.54) is 31.2 Å². The monoisotopic (exact) mass is 188 g/mol. The topological polar surface area (TPSA) is 0 Å². The van der Waals surface area contributed by atoms with E-state index in [-0.39, 0.29) is 0 Å². The van der Waals surface area contributed by atoms with E-state index in [0.29, 0.717) is 5.92 Å². The lowest BCUT2D eigenvalue weighted by Gasteiger charge is -2.11. The van der Waals surface area contributed by atoms with Gasteiger partial charge in [0.15, 0.2) is 0 Å². The molecule has 76 valence electrons. The van der Waals surface area contributed by atoms with Crippen molar-refractivity contribution in [3.05, 3.63) is 35.4 Å². The Balaban J connectivity index is 2.12. The number of hydrogen-bond donors (Lipinski definition) is 0. The third-order valence-corrected chi connectivity index (χ3v) is 3.43. The van der Waals surface area contributed by atoms with Crippen LogP contribution in [0.5, 0.6) is 0 Å². The van der Waals surface area contributed by atoms with E-state index in [1.807, 2.05) is 0 Å². The summed E-state index contributed by atoms with van der Waals surface area (Å²) in [4.78, 5) is 0. The third-order valence-electron chi connectivity index (χ3n) is 3.43. The van der Waals surface area contributed by atoms with Crippen LogP contribution >= 0.6 is 0 Å². The predicted molar refractivity (Wildman–Crippen MR) is 61.7 cm³/mol. The molecule has 0 saturated heterocycles. The van der Waals surface area contributed by atoms with Gasteiger partial charge in [0, 0.05) is 0 Å². The normalized spacial score (nSPS) is 17.9. The van der Waals surface area contributed by atoms with Crippen molar-refractivity contribution in [3.8, 4) is 0 Å². The largest absolute Gasteiger partial charge is 0.0587 e. The second-order valence-electron chi connectivity index (χ2n) is 4.80. The quantitative estimate of drug-likeness (QED) is 0.642. The van der Waals surface area contributed by atoms with Crippen molar-refractivity contribution < 1.29 is 0 Å². The van der Waals surface area contributed by atoms with Crippen LogP contribution in [0.15, 0.2) is 24.3 Å². The zero-order valence-electron chi connectivity index (χ0n) is 9.29. The smallest absolute Gasteiger partial charge is 0.0162 e. The van der Waals surface area contributed by atoms with Crippen LogP contribution in [-0.2, 0) is 0 Å². The molecular weight excluding hydrogens is 168 g/mol. The summed E-state index contributed by atoms with van der Waals surface area (Å²) in [5.74, 6) is 1.52. The first kappa shape index (κ1) is 9.76. The molecular formula is C14H20. The molecule has 0 amide bonds. The van der Waals surface area contributed by atoms with Crippen LogP contribution in [0.4, 0.5) is 0 Å². The average Bonchev–Trinajstić information content (AvgIpc) is 2.71. The van der Waals surface area contributed by atoms with E-state index in [1.54, 1.807) is 5.56 Å². The van der Waals surface area contributed by atoms with Crippen molar-refractivity contribution in [3.63, 3.8) is 0 Å². The highest BCUT2D eigenvalue weighted by Crippen LogP contribution is 2.34. The Kier molecular flexibility index (Phi) is 2.90. The van der Waals surface area contributed by atoms with Crippen molar-refractivity contribution in [2.24, 2.45) is 0 Å². The van der Waals surface area contributed by atoms with E-state index in [2.05, 4.69) is 38.1 Å². The van der Waals surface area contributed by atoms with Crippen molar-refractivity contribution in [1.82, 2.24) is 0 Å². The molecule has 14 heavy (non-hydrogen) atoms. The first-order valence-corrected chi connectivity index (χ1v) is 5.87. The van der Waals surface area contributed by atoms with Crippen molar-refractivity contribution in [2.45, 2.75) is 51.4 Å². The van der Waals surface area contributed by atoms with Gasteiger partial charge < -0.3 is 0 Å². The molecule has 0 nitrogen and oxygen atoms in total. The Morgan fingerprint density at radius 2 is 1.57 bits per heavy atom. The maximum absolute atomic E-state index is 2.34. The second-order valence-corrected chi connectivity index (χ2v) is 4.80. The summed E-state index contributed by atoms with van der Waals surface area (Å²) in [6.45, 7) is 4.51. The van der Waals surface area contributed by atoms with Gasteiger partial charge in [-0.2, -0.15) is 0 Å². The molecule has 0 atom stereocenters. The predicted octanol–water partition coefficient (Wildman–Crippen LogP) is 4.47. The lowest BCUT2D eigenvalue weighted by molar-refractivity contribution is 0.721. The molecule has 0 spiro atoms. The molecule has 0 aromatic heterocycles. The third kappa shape index (κ3) is 2.00. The fourth-order valence-corrected chi connectivity index (χ4v) is 2.41. The maximum Gasteiger partial charge on any atom is -0.0162 e. The van der Waals surface area contributed by atoms with Gasteiger partial charge in [0.05, 0.1) is 0 Å². The van der Waals surface area contributed by atoms with Gasteiger partial charge in [0.25, 0.3) is 0 Å². The summed E-state index contributed by atoms with van der Waals surface area (Å²) >= 11 is 0. The van der Waals surface area contributed by atoms with E-state index < -0.39 is 0 Å². The van der Waals surface area contributed by atoms with E-state index >= 15 is 0 Å². The molecule has 0 heterocycles. The zero-order valence-corrected chi connectivity index (χ0v) is 9.29. The van der Waals surface area contributed by atoms with Gasteiger partial charge in [0.2, 0.25) is 0 Å². The lowest BCUT2D eigenvalue weighted by Crippen LogP contribution is -1.93. The molecule has 0 bridgehead atoms. The first-order valence-electron chi connectivity index (χ1n) is 5.87. The standard InChI is InChI=1S/C14H20/c1-11(2)12-7-9-14(10-8-12)13-5-3-4-6-13/h7-11,13H,3-6H2,1-2H3. The Morgan fingerprint density at radius 3 is 2.07 bits per heavy atom. The highest BCUT2D eigenvalue weighted by molar-refractivity contribution is 5.27. The van der Waals surface area contributed by atoms with Crippen molar-refractivity contribution in [2.75, 3.05) is 0 Å². The van der Waals surface area contributed by atoms with Gasteiger partial charge in [-0.05, 0) is 35.8 Å². The van der Waals surface area contributed by atoms with E-state index in [4.69, 9.17) is 0 Å². The Morgan fingerprint density at radius 1 is 1.00 bits per heavy atom. The minimum absolute atomic E-state index is 0.660. The molecule has 1 aromatic carbocycles. The van der Waals surface area contributed by atoms with Gasteiger partial charge in [-0.1, -0.05) is 51.0 Å². The summed E-state index contributed by atoms with van der Waals surface area (Å²) in [7, 11) is 0. The van der Waals surface area contributed by atoms with Crippen LogP contribution in [0.2, 0.25) is 0 Å². The highest BCUT2D eigenvalue weighted by Gasteiger charge is 2.16. The van der Waals surface area contributed by atoms with Gasteiger partial charge >= 0.3 is 0 Å². The molecule has 0 radical (unpaired) electrons. The Labute approximate surface area is 87.3 Å². The minimum atomic E-state index is 0.660. The van der Waals surface area contributed by atoms with Crippen LogP contribution in [0.1, 0.15) is 62.5 Å². The van der Waals surface area contributed by atoms with Crippen LogP contribution < -0.4 is 0 Å². The molecule has 0 N–H and O–H groups in total. The molecule has 1 aliphatic carbocycles. The van der Waals surface area contributed by atoms with Gasteiger partial charge in [-0.25, -0.2) is 0 Å². The number of hydrogen-bond acceptors (Lipinski definition) is 0. The van der Waals surface area contributed by atoms with Crippen molar-refractivity contribution in [1.29, 1.82) is 0 Å². The fourth-order valence-electron chi connectivity index (χ4n) is 2.41. The van der Waals surface area contributed by atoms with E-state index in [9.17, 15) is 0 Å². The minimum Gasteiger partial charge on any atom is -0.0587 e. The molecule has 0 aliphatic heterocycles. The molecule has 1 fully saturated rings. The number of rotatable bonds is 2. The highest BCUT2D eigenvalue weighted by atomic mass is 14.2. The summed E-state index contributed by atoms with van der Waals surface area (Å²) in [6, 6.07) is 9.28. The summed E-state index contributed by atoms with van der Waals surface area (Å²) < 4.78 is 0. The Hall–Kier alpha value is -0.780. The van der Waals surface area contributed by atoms with Gasteiger partial charge in [-0.15, -0.1) is 0 Å². The summed E-state index contributed by atoms with van der Waals surface area (Å²) in [5, 5.41) is 0. The summed E-state index contributed by atoms with van der Waals surface area (Å²) in [6.07, 6.45) is 5.66. The van der Waals surface area contributed by atoms with Crippen LogP contribution in [0.3, 0.4) is 0 Å². The SMILES string of the molecule is CC(C)c1ccc(C2CCCC2)cc1. The van der Waals surface area contributed by atoms with Gasteiger partial charge in [-0.3, -0.25) is 0 Å². The second kappa shape index (κ2) is 4.16. The molecule has 1 aromatic rings. The zero-order chi connectivity index (χ0) is 9.97. The summed E-state index contributed by atoms with van der Waals surface area (Å²) in [5.41, 5.74) is 3.03. The Bertz CT molecular complexity index is 275. The van der Waals surface area contributed by atoms with E-state index in [0.717, 1.165) is 5.92 Å². The number of benzene rings is 1. The maximum atomic E-state index is 2.34.